The number of aromatic nitrogens is 1. The maximum Gasteiger partial charge on any atom is 0.262 e. The molecule has 96 valence electrons. The fourth-order valence-electron chi connectivity index (χ4n) is 1.44. The van der Waals surface area contributed by atoms with Crippen molar-refractivity contribution in [2.45, 2.75) is 0 Å². The smallest absolute Gasteiger partial charge is 0.262 e. The van der Waals surface area contributed by atoms with Gasteiger partial charge in [0, 0.05) is 18.1 Å². The molecule has 2 N–H and O–H groups in total. The van der Waals surface area contributed by atoms with E-state index >= 15 is 0 Å². The summed E-state index contributed by atoms with van der Waals surface area (Å²) in [6.45, 7) is -0.206. The molecule has 1 heterocycles. The summed E-state index contributed by atoms with van der Waals surface area (Å²) in [5, 5.41) is 10.3. The number of rotatable bonds is 4. The van der Waals surface area contributed by atoms with Gasteiger partial charge in [0.2, 0.25) is 5.90 Å². The number of amides is 1. The number of benzene rings is 1. The minimum atomic E-state index is -0.306. The van der Waals surface area contributed by atoms with Gasteiger partial charge in [0.15, 0.2) is 6.61 Å². The van der Waals surface area contributed by atoms with Gasteiger partial charge in [-0.05, 0) is 24.3 Å². The van der Waals surface area contributed by atoms with Crippen LogP contribution in [0.1, 0.15) is 5.56 Å². The molecule has 0 saturated carbocycles. The Balaban J connectivity index is 1.83. The minimum absolute atomic E-state index is 0.0729. The number of ether oxygens (including phenoxy) is 1. The van der Waals surface area contributed by atoms with Gasteiger partial charge in [-0.15, -0.1) is 0 Å². The monoisotopic (exact) mass is 255 g/mol. The Labute approximate surface area is 110 Å². The van der Waals surface area contributed by atoms with E-state index in [1.807, 2.05) is 18.2 Å². The molecule has 0 bridgehead atoms. The molecule has 2 aromatic rings. The van der Waals surface area contributed by atoms with Crippen LogP contribution in [0, 0.1) is 5.41 Å². The lowest BCUT2D eigenvalue weighted by Crippen LogP contribution is -2.20. The van der Waals surface area contributed by atoms with Crippen LogP contribution >= 0.6 is 0 Å². The predicted octanol–water partition coefficient (Wildman–Crippen LogP) is 2.06. The van der Waals surface area contributed by atoms with E-state index in [0.717, 1.165) is 0 Å². The number of para-hydroxylation sites is 1. The molecule has 0 saturated heterocycles. The van der Waals surface area contributed by atoms with Crippen molar-refractivity contribution in [1.82, 2.24) is 4.98 Å². The van der Waals surface area contributed by atoms with Crippen molar-refractivity contribution >= 4 is 17.5 Å². The van der Waals surface area contributed by atoms with E-state index in [4.69, 9.17) is 10.1 Å². The van der Waals surface area contributed by atoms with E-state index in [2.05, 4.69) is 10.3 Å². The van der Waals surface area contributed by atoms with Crippen molar-refractivity contribution < 1.29 is 9.53 Å². The van der Waals surface area contributed by atoms with Crippen molar-refractivity contribution in [2.75, 3.05) is 11.9 Å². The highest BCUT2D eigenvalue weighted by molar-refractivity contribution is 5.96. The van der Waals surface area contributed by atoms with Crippen LogP contribution in [0.4, 0.5) is 5.69 Å². The molecule has 0 fully saturated rings. The number of nitrogens with one attached hydrogen (secondary N) is 2. The van der Waals surface area contributed by atoms with Crippen molar-refractivity contribution in [1.29, 1.82) is 5.41 Å². The molecule has 0 aliphatic carbocycles. The van der Waals surface area contributed by atoms with Gasteiger partial charge in [-0.3, -0.25) is 15.2 Å². The first-order valence-electron chi connectivity index (χ1n) is 5.72. The molecule has 1 amide bonds. The molecule has 0 unspecified atom stereocenters. The minimum Gasteiger partial charge on any atom is -0.467 e. The number of hydrogen-bond acceptors (Lipinski definition) is 4. The van der Waals surface area contributed by atoms with Gasteiger partial charge in [0.1, 0.15) is 0 Å². The summed E-state index contributed by atoms with van der Waals surface area (Å²) in [6.07, 6.45) is 3.12. The summed E-state index contributed by atoms with van der Waals surface area (Å²) in [5.41, 5.74) is 1.24. The van der Waals surface area contributed by atoms with Crippen molar-refractivity contribution in [3.05, 3.63) is 60.4 Å². The highest BCUT2D eigenvalue weighted by atomic mass is 16.5. The summed E-state index contributed by atoms with van der Waals surface area (Å²) < 4.78 is 5.09. The zero-order valence-electron chi connectivity index (χ0n) is 10.2. The first-order chi connectivity index (χ1) is 9.25. The molecule has 1 aromatic carbocycles. The molecule has 1 aromatic heterocycles. The Hall–Kier alpha value is -2.69. The number of hydrogen-bond donors (Lipinski definition) is 2. The van der Waals surface area contributed by atoms with Gasteiger partial charge in [-0.2, -0.15) is 0 Å². The molecule has 0 aliphatic rings. The van der Waals surface area contributed by atoms with Gasteiger partial charge in [0.25, 0.3) is 5.91 Å². The molecule has 0 spiro atoms. The molecule has 2 rings (SSSR count). The Bertz CT molecular complexity index is 555. The summed E-state index contributed by atoms with van der Waals surface area (Å²) >= 11 is 0. The summed E-state index contributed by atoms with van der Waals surface area (Å²) in [6, 6.07) is 12.5. The predicted molar refractivity (Wildman–Crippen MR) is 72.1 cm³/mol. The second-order valence-electron chi connectivity index (χ2n) is 3.77. The van der Waals surface area contributed by atoms with Crippen molar-refractivity contribution in [3.8, 4) is 0 Å². The molecular formula is C14H13N3O2. The van der Waals surface area contributed by atoms with Crippen LogP contribution in [0.15, 0.2) is 54.9 Å². The van der Waals surface area contributed by atoms with Crippen LogP contribution in [-0.4, -0.2) is 23.4 Å². The molecule has 19 heavy (non-hydrogen) atoms. The lowest BCUT2D eigenvalue weighted by Gasteiger charge is -2.07. The van der Waals surface area contributed by atoms with Crippen LogP contribution < -0.4 is 5.32 Å². The van der Waals surface area contributed by atoms with E-state index < -0.39 is 0 Å². The first kappa shape index (κ1) is 12.8. The third kappa shape index (κ3) is 3.92. The number of nitrogens with zero attached hydrogens (tertiary/aromatic N) is 1. The van der Waals surface area contributed by atoms with E-state index in [0.29, 0.717) is 11.3 Å². The molecule has 0 atom stereocenters. The average molecular weight is 255 g/mol. The van der Waals surface area contributed by atoms with Crippen LogP contribution in [0.3, 0.4) is 0 Å². The molecule has 0 radical (unpaired) electrons. The van der Waals surface area contributed by atoms with Gasteiger partial charge >= 0.3 is 0 Å². The maximum atomic E-state index is 11.6. The summed E-state index contributed by atoms with van der Waals surface area (Å²) in [7, 11) is 0. The van der Waals surface area contributed by atoms with Crippen LogP contribution in [0.2, 0.25) is 0 Å². The van der Waals surface area contributed by atoms with Crippen LogP contribution in [-0.2, 0) is 9.53 Å². The number of carbonyl (C=O) groups excluding carboxylic acids is 1. The molecular weight excluding hydrogens is 242 g/mol. The van der Waals surface area contributed by atoms with Gasteiger partial charge < -0.3 is 10.1 Å². The van der Waals surface area contributed by atoms with Crippen LogP contribution in [0.25, 0.3) is 0 Å². The third-order valence-corrected chi connectivity index (χ3v) is 2.33. The fourth-order valence-corrected chi connectivity index (χ4v) is 1.44. The van der Waals surface area contributed by atoms with Crippen LogP contribution in [0.5, 0.6) is 0 Å². The highest BCUT2D eigenvalue weighted by Crippen LogP contribution is 2.05. The largest absolute Gasteiger partial charge is 0.467 e. The number of anilines is 1. The normalized spacial score (nSPS) is 9.68. The Morgan fingerprint density at radius 2 is 2.00 bits per heavy atom. The Kier molecular flexibility index (Phi) is 4.23. The van der Waals surface area contributed by atoms with E-state index in [9.17, 15) is 4.79 Å². The highest BCUT2D eigenvalue weighted by Gasteiger charge is 2.06. The zero-order chi connectivity index (χ0) is 13.5. The second kappa shape index (κ2) is 6.30. The van der Waals surface area contributed by atoms with E-state index in [1.54, 1.807) is 30.5 Å². The van der Waals surface area contributed by atoms with Gasteiger partial charge in [-0.1, -0.05) is 18.2 Å². The van der Waals surface area contributed by atoms with E-state index in [1.165, 1.54) is 6.20 Å². The maximum absolute atomic E-state index is 11.6. The Morgan fingerprint density at radius 1 is 1.21 bits per heavy atom. The first-order valence-corrected chi connectivity index (χ1v) is 5.72. The molecule has 5 heteroatoms. The average Bonchev–Trinajstić information content (AvgIpc) is 2.47. The SMILES string of the molecule is N=C(OCC(=O)Nc1ccccc1)c1cccnc1. The van der Waals surface area contributed by atoms with Crippen molar-refractivity contribution in [3.63, 3.8) is 0 Å². The number of pyridine rings is 1. The quantitative estimate of drug-likeness (QED) is 0.648. The third-order valence-electron chi connectivity index (χ3n) is 2.33. The van der Waals surface area contributed by atoms with Crippen molar-refractivity contribution in [2.24, 2.45) is 0 Å². The topological polar surface area (TPSA) is 75.1 Å². The molecule has 0 aliphatic heterocycles. The zero-order valence-corrected chi connectivity index (χ0v) is 10.2. The number of carbonyl (C=O) groups is 1. The second-order valence-corrected chi connectivity index (χ2v) is 3.77. The standard InChI is InChI=1S/C14H13N3O2/c15-14(11-5-4-8-16-9-11)19-10-13(18)17-12-6-2-1-3-7-12/h1-9,15H,10H2,(H,17,18). The lowest BCUT2D eigenvalue weighted by molar-refractivity contribution is -0.118. The molecule has 5 nitrogen and oxygen atoms in total. The Morgan fingerprint density at radius 3 is 2.68 bits per heavy atom. The lowest BCUT2D eigenvalue weighted by atomic mass is 10.3. The summed E-state index contributed by atoms with van der Waals surface area (Å²) in [5.74, 6) is -0.379. The van der Waals surface area contributed by atoms with Gasteiger partial charge in [0.05, 0.1) is 5.56 Å². The summed E-state index contributed by atoms with van der Waals surface area (Å²) in [4.78, 5) is 15.5. The van der Waals surface area contributed by atoms with E-state index in [-0.39, 0.29) is 18.4 Å². The van der Waals surface area contributed by atoms with Gasteiger partial charge in [-0.25, -0.2) is 0 Å². The fraction of sp³-hybridized carbons (Fsp3) is 0.0714.